The van der Waals surface area contributed by atoms with Crippen LogP contribution in [0.15, 0.2) is 24.4 Å². The number of anilines is 2. The highest BCUT2D eigenvalue weighted by Gasteiger charge is 2.32. The normalized spacial score (nSPS) is 14.0. The monoisotopic (exact) mass is 303 g/mol. The number of aromatic nitrogens is 1. The number of hydrogen-bond donors (Lipinski definition) is 2. The Balaban J connectivity index is 1.67. The molecule has 110 valence electrons. The van der Waals surface area contributed by atoms with Gasteiger partial charge in [0, 0.05) is 24.7 Å². The van der Waals surface area contributed by atoms with Crippen LogP contribution in [0.2, 0.25) is 0 Å². The maximum Gasteiger partial charge on any atom is 0.213 e. The lowest BCUT2D eigenvalue weighted by Gasteiger charge is -2.05. The number of thiophene rings is 1. The van der Waals surface area contributed by atoms with Crippen LogP contribution in [-0.4, -0.2) is 17.9 Å². The fourth-order valence-electron chi connectivity index (χ4n) is 2.08. The molecule has 0 radical (unpaired) electrons. The number of carbonyl (C=O) groups excluding carboxylic acids is 1. The first-order chi connectivity index (χ1) is 10.2. The molecule has 0 unspecified atom stereocenters. The third-order valence-electron chi connectivity index (χ3n) is 3.41. The topological polar surface area (TPSA) is 77.2 Å². The molecule has 3 rings (SSSR count). The molecule has 0 saturated heterocycles. The maximum atomic E-state index is 12.1. The summed E-state index contributed by atoms with van der Waals surface area (Å²) < 4.78 is 5.09. The number of pyridine rings is 1. The molecule has 1 aliphatic carbocycles. The highest BCUT2D eigenvalue weighted by atomic mass is 32.1. The van der Waals surface area contributed by atoms with Gasteiger partial charge in [0.15, 0.2) is 5.78 Å². The summed E-state index contributed by atoms with van der Waals surface area (Å²) in [5, 5.41) is 4.20. The van der Waals surface area contributed by atoms with Gasteiger partial charge >= 0.3 is 0 Å². The van der Waals surface area contributed by atoms with Gasteiger partial charge in [-0.05, 0) is 30.5 Å². The number of Topliss-reactive ketones (excluding diaryl/α,β-unsaturated/α-hetero) is 1. The van der Waals surface area contributed by atoms with E-state index in [1.54, 1.807) is 13.3 Å². The van der Waals surface area contributed by atoms with Crippen LogP contribution in [0.4, 0.5) is 10.7 Å². The van der Waals surface area contributed by atoms with Gasteiger partial charge in [-0.2, -0.15) is 0 Å². The number of nitrogen functional groups attached to an aromatic ring is 1. The van der Waals surface area contributed by atoms with Crippen molar-refractivity contribution in [1.29, 1.82) is 0 Å². The van der Waals surface area contributed by atoms with Crippen LogP contribution in [0.3, 0.4) is 0 Å². The molecule has 0 atom stereocenters. The van der Waals surface area contributed by atoms with E-state index in [0.29, 0.717) is 23.0 Å². The summed E-state index contributed by atoms with van der Waals surface area (Å²) in [5.41, 5.74) is 7.58. The smallest absolute Gasteiger partial charge is 0.213 e. The highest BCUT2D eigenvalue weighted by molar-refractivity contribution is 7.18. The van der Waals surface area contributed by atoms with E-state index in [4.69, 9.17) is 10.5 Å². The molecule has 0 bridgehead atoms. The zero-order valence-electron chi connectivity index (χ0n) is 11.8. The van der Waals surface area contributed by atoms with Crippen LogP contribution in [0, 0.1) is 5.92 Å². The van der Waals surface area contributed by atoms with Gasteiger partial charge in [-0.1, -0.05) is 0 Å². The number of rotatable bonds is 6. The summed E-state index contributed by atoms with van der Waals surface area (Å²) in [6.45, 7) is 0.635. The summed E-state index contributed by atoms with van der Waals surface area (Å²) >= 11 is 1.43. The lowest BCUT2D eigenvalue weighted by atomic mass is 10.2. The standard InChI is InChI=1S/C15H17N3O2S/c1-20-12-6-9(4-5-17-12)8-18-13-7-11(16)15(21-13)14(19)10-2-3-10/h4-7,10,18H,2-3,8,16H2,1H3. The summed E-state index contributed by atoms with van der Waals surface area (Å²) in [4.78, 5) is 16.8. The number of ether oxygens (including phenoxy) is 1. The lowest BCUT2D eigenvalue weighted by molar-refractivity contribution is 0.0972. The Morgan fingerprint density at radius 1 is 1.52 bits per heavy atom. The SMILES string of the molecule is COc1cc(CNc2cc(N)c(C(=O)C3CC3)s2)ccn1. The first-order valence-corrected chi connectivity index (χ1v) is 7.65. The van der Waals surface area contributed by atoms with Crippen molar-refractivity contribution in [2.24, 2.45) is 5.92 Å². The summed E-state index contributed by atoms with van der Waals surface area (Å²) in [6, 6.07) is 5.63. The van der Waals surface area contributed by atoms with Crippen molar-refractivity contribution in [2.75, 3.05) is 18.2 Å². The van der Waals surface area contributed by atoms with Gasteiger partial charge in [0.25, 0.3) is 0 Å². The second kappa shape index (κ2) is 5.73. The number of nitrogens with two attached hydrogens (primary N) is 1. The van der Waals surface area contributed by atoms with E-state index in [9.17, 15) is 4.79 Å². The first kappa shape index (κ1) is 13.9. The molecule has 6 heteroatoms. The largest absolute Gasteiger partial charge is 0.481 e. The van der Waals surface area contributed by atoms with Gasteiger partial charge in [-0.15, -0.1) is 11.3 Å². The van der Waals surface area contributed by atoms with Crippen LogP contribution in [0.1, 0.15) is 28.1 Å². The van der Waals surface area contributed by atoms with E-state index in [2.05, 4.69) is 10.3 Å². The van der Waals surface area contributed by atoms with Gasteiger partial charge in [0.1, 0.15) is 0 Å². The Morgan fingerprint density at radius 3 is 3.05 bits per heavy atom. The van der Waals surface area contributed by atoms with Crippen molar-refractivity contribution in [3.63, 3.8) is 0 Å². The van der Waals surface area contributed by atoms with E-state index in [1.807, 2.05) is 18.2 Å². The van der Waals surface area contributed by atoms with Gasteiger partial charge in [-0.25, -0.2) is 4.98 Å². The number of methoxy groups -OCH3 is 1. The van der Waals surface area contributed by atoms with E-state index in [0.717, 1.165) is 23.4 Å². The van der Waals surface area contributed by atoms with Gasteiger partial charge in [0.05, 0.1) is 22.7 Å². The van der Waals surface area contributed by atoms with Crippen LogP contribution in [0.25, 0.3) is 0 Å². The van der Waals surface area contributed by atoms with Gasteiger partial charge in [-0.3, -0.25) is 4.79 Å². The number of carbonyl (C=O) groups is 1. The molecule has 5 nitrogen and oxygen atoms in total. The molecule has 1 aliphatic rings. The molecule has 21 heavy (non-hydrogen) atoms. The molecule has 2 aromatic heterocycles. The molecule has 0 aliphatic heterocycles. The predicted octanol–water partition coefficient (Wildman–Crippen LogP) is 2.94. The number of nitrogens with one attached hydrogen (secondary N) is 1. The highest BCUT2D eigenvalue weighted by Crippen LogP contribution is 2.38. The Morgan fingerprint density at radius 2 is 2.33 bits per heavy atom. The van der Waals surface area contributed by atoms with E-state index in [-0.39, 0.29) is 11.7 Å². The number of hydrogen-bond acceptors (Lipinski definition) is 6. The molecular weight excluding hydrogens is 286 g/mol. The van der Waals surface area contributed by atoms with Gasteiger partial charge < -0.3 is 15.8 Å². The molecule has 0 spiro atoms. The quantitative estimate of drug-likeness (QED) is 0.802. The summed E-state index contributed by atoms with van der Waals surface area (Å²) in [6.07, 6.45) is 3.70. The molecular formula is C15H17N3O2S. The first-order valence-electron chi connectivity index (χ1n) is 6.83. The van der Waals surface area contributed by atoms with Crippen molar-refractivity contribution < 1.29 is 9.53 Å². The van der Waals surface area contributed by atoms with Crippen molar-refractivity contribution in [2.45, 2.75) is 19.4 Å². The van der Waals surface area contributed by atoms with Crippen LogP contribution in [-0.2, 0) is 6.54 Å². The lowest BCUT2D eigenvalue weighted by Crippen LogP contribution is -2.01. The van der Waals surface area contributed by atoms with Crippen molar-refractivity contribution in [3.05, 3.63) is 34.8 Å². The van der Waals surface area contributed by atoms with Crippen LogP contribution >= 0.6 is 11.3 Å². The Kier molecular flexibility index (Phi) is 3.79. The molecule has 2 aromatic rings. The minimum Gasteiger partial charge on any atom is -0.481 e. The molecule has 3 N–H and O–H groups in total. The maximum absolute atomic E-state index is 12.1. The van der Waals surface area contributed by atoms with Crippen LogP contribution < -0.4 is 15.8 Å². The molecule has 1 fully saturated rings. The molecule has 1 saturated carbocycles. The fourth-order valence-corrected chi connectivity index (χ4v) is 3.07. The van der Waals surface area contributed by atoms with E-state index in [1.165, 1.54) is 11.3 Å². The Hall–Kier alpha value is -2.08. The fraction of sp³-hybridized carbons (Fsp3) is 0.333. The van der Waals surface area contributed by atoms with Gasteiger partial charge in [0.2, 0.25) is 5.88 Å². The molecule has 2 heterocycles. The zero-order chi connectivity index (χ0) is 14.8. The second-order valence-corrected chi connectivity index (χ2v) is 6.15. The third-order valence-corrected chi connectivity index (χ3v) is 4.53. The zero-order valence-corrected chi connectivity index (χ0v) is 12.6. The second-order valence-electron chi connectivity index (χ2n) is 5.09. The third kappa shape index (κ3) is 3.16. The Labute approximate surface area is 127 Å². The summed E-state index contributed by atoms with van der Waals surface area (Å²) in [5.74, 6) is 0.976. The van der Waals surface area contributed by atoms with Crippen molar-refractivity contribution in [3.8, 4) is 5.88 Å². The van der Waals surface area contributed by atoms with Crippen molar-refractivity contribution >= 4 is 27.8 Å². The van der Waals surface area contributed by atoms with E-state index >= 15 is 0 Å². The van der Waals surface area contributed by atoms with E-state index < -0.39 is 0 Å². The summed E-state index contributed by atoms with van der Waals surface area (Å²) in [7, 11) is 1.59. The predicted molar refractivity (Wildman–Crippen MR) is 83.9 cm³/mol. The Bertz CT molecular complexity index is 665. The number of nitrogens with zero attached hydrogens (tertiary/aromatic N) is 1. The molecule has 0 aromatic carbocycles. The minimum absolute atomic E-state index is 0.191. The minimum atomic E-state index is 0.191. The molecule has 0 amide bonds. The van der Waals surface area contributed by atoms with Crippen molar-refractivity contribution in [1.82, 2.24) is 4.98 Å². The number of ketones is 1. The average molecular weight is 303 g/mol. The average Bonchev–Trinajstić information content (AvgIpc) is 3.28. The van der Waals surface area contributed by atoms with Crippen LogP contribution in [0.5, 0.6) is 5.88 Å².